The second kappa shape index (κ2) is 16.5. The van der Waals surface area contributed by atoms with Crippen molar-refractivity contribution in [3.63, 3.8) is 0 Å². The molecule has 0 unspecified atom stereocenters. The molecule has 0 aliphatic rings. The molecule has 0 fully saturated rings. The van der Waals surface area contributed by atoms with Crippen molar-refractivity contribution in [3.8, 4) is 0 Å². The zero-order valence-electron chi connectivity index (χ0n) is 10.4. The van der Waals surface area contributed by atoms with Crippen LogP contribution in [0.2, 0.25) is 0 Å². The van der Waals surface area contributed by atoms with Crippen molar-refractivity contribution in [2.45, 2.75) is 20.3 Å². The average molecular weight is 252 g/mol. The summed E-state index contributed by atoms with van der Waals surface area (Å²) >= 11 is 0. The molecule has 0 saturated heterocycles. The Hall–Kier alpha value is -0.900. The van der Waals surface area contributed by atoms with Gasteiger partial charge in [0.05, 0.1) is 12.6 Å². The van der Waals surface area contributed by atoms with Gasteiger partial charge in [-0.05, 0) is 34.0 Å². The van der Waals surface area contributed by atoms with Gasteiger partial charge in [-0.25, -0.2) is 9.98 Å². The van der Waals surface area contributed by atoms with Crippen molar-refractivity contribution in [3.05, 3.63) is 0 Å². The molecule has 0 aromatic rings. The molecule has 0 atom stereocenters. The van der Waals surface area contributed by atoms with Crippen LogP contribution in [-0.2, 0) is 4.79 Å². The van der Waals surface area contributed by atoms with Gasteiger partial charge in [-0.2, -0.15) is 0 Å². The third kappa shape index (κ3) is 38.0. The Morgan fingerprint density at radius 2 is 1.88 bits per heavy atom. The van der Waals surface area contributed by atoms with E-state index < -0.39 is 5.97 Å². The molecule has 0 bridgehead atoms. The molecule has 0 aliphatic heterocycles. The van der Waals surface area contributed by atoms with Crippen LogP contribution in [-0.4, -0.2) is 55.7 Å². The second-order valence-electron chi connectivity index (χ2n) is 3.13. The monoisotopic (exact) mass is 251 g/mol. The number of aliphatic imine (C=N–C) groups is 2. The summed E-state index contributed by atoms with van der Waals surface area (Å²) < 4.78 is 0. The zero-order valence-corrected chi connectivity index (χ0v) is 11.3. The lowest BCUT2D eigenvalue weighted by Crippen LogP contribution is -2.13. The predicted octanol–water partition coefficient (Wildman–Crippen LogP) is 1.64. The summed E-state index contributed by atoms with van der Waals surface area (Å²) in [5, 5.41) is 7.42. The molecule has 0 amide bonds. The van der Waals surface area contributed by atoms with E-state index in [9.17, 15) is 0 Å². The lowest BCUT2D eigenvalue weighted by molar-refractivity contribution is -0.134. The van der Waals surface area contributed by atoms with E-state index in [1.807, 2.05) is 6.92 Å². The fourth-order valence-corrected chi connectivity index (χ4v) is 0.637. The Bertz CT molecular complexity index is 210. The summed E-state index contributed by atoms with van der Waals surface area (Å²) in [5.74, 6) is -0.833. The number of hydrogen-bond donors (Lipinski definition) is 1. The molecule has 0 aromatic heterocycles. The standard InChI is InChI=1S/C8H17N3.C2H4O2.ClH/c1-4-9-8-10-6-5-7-11(2)3;1-2(3)4;/h4-7H2,1-3H3;1H3,(H,3,4);1H. The summed E-state index contributed by atoms with van der Waals surface area (Å²) in [4.78, 5) is 19.0. The lowest BCUT2D eigenvalue weighted by Gasteiger charge is -2.05. The first-order valence-corrected chi connectivity index (χ1v) is 4.93. The minimum absolute atomic E-state index is 0. The smallest absolute Gasteiger partial charge is 0.300 e. The highest BCUT2D eigenvalue weighted by Crippen LogP contribution is 1.82. The van der Waals surface area contributed by atoms with Gasteiger partial charge in [0, 0.05) is 13.5 Å². The predicted molar refractivity (Wildman–Crippen MR) is 69.0 cm³/mol. The molecule has 1 N–H and O–H groups in total. The minimum atomic E-state index is -0.833. The van der Waals surface area contributed by atoms with Crippen molar-refractivity contribution in [1.82, 2.24) is 4.90 Å². The molecule has 0 heterocycles. The van der Waals surface area contributed by atoms with Gasteiger partial charge < -0.3 is 10.0 Å². The van der Waals surface area contributed by atoms with Crippen LogP contribution in [0.15, 0.2) is 9.98 Å². The van der Waals surface area contributed by atoms with Gasteiger partial charge >= 0.3 is 0 Å². The SMILES string of the molecule is CC(=O)O.CCN=C=NCCCN(C)C.Cl. The van der Waals surface area contributed by atoms with E-state index >= 15 is 0 Å². The first-order valence-electron chi connectivity index (χ1n) is 4.93. The first kappa shape index (κ1) is 20.5. The van der Waals surface area contributed by atoms with Crippen LogP contribution in [0.4, 0.5) is 0 Å². The van der Waals surface area contributed by atoms with Gasteiger partial charge in [0.15, 0.2) is 0 Å². The molecular weight excluding hydrogens is 230 g/mol. The summed E-state index contributed by atoms with van der Waals surface area (Å²) in [6.07, 6.45) is 1.08. The van der Waals surface area contributed by atoms with Crippen molar-refractivity contribution >= 4 is 24.4 Å². The van der Waals surface area contributed by atoms with Gasteiger partial charge in [-0.1, -0.05) is 0 Å². The Labute approximate surface area is 104 Å². The van der Waals surface area contributed by atoms with Crippen LogP contribution < -0.4 is 0 Å². The minimum Gasteiger partial charge on any atom is -0.481 e. The molecule has 0 saturated carbocycles. The Kier molecular flexibility index (Phi) is 21.2. The van der Waals surface area contributed by atoms with E-state index in [0.717, 1.165) is 33.0 Å². The van der Waals surface area contributed by atoms with E-state index in [0.29, 0.717) is 0 Å². The topological polar surface area (TPSA) is 65.3 Å². The van der Waals surface area contributed by atoms with Gasteiger partial charge in [0.2, 0.25) is 0 Å². The second-order valence-corrected chi connectivity index (χ2v) is 3.13. The summed E-state index contributed by atoms with van der Waals surface area (Å²) in [5.41, 5.74) is 0. The number of hydrogen-bond acceptors (Lipinski definition) is 4. The average Bonchev–Trinajstić information content (AvgIpc) is 2.09. The quantitative estimate of drug-likeness (QED) is 0.597. The van der Waals surface area contributed by atoms with Gasteiger partial charge in [0.25, 0.3) is 5.97 Å². The van der Waals surface area contributed by atoms with Crippen LogP contribution in [0, 0.1) is 0 Å². The van der Waals surface area contributed by atoms with Crippen molar-refractivity contribution in [2.24, 2.45) is 9.98 Å². The third-order valence-corrected chi connectivity index (χ3v) is 1.17. The number of halogens is 1. The molecule has 0 aliphatic carbocycles. The fraction of sp³-hybridized carbons (Fsp3) is 0.800. The molecule has 96 valence electrons. The maximum Gasteiger partial charge on any atom is 0.300 e. The molecule has 5 nitrogen and oxygen atoms in total. The molecule has 16 heavy (non-hydrogen) atoms. The Morgan fingerprint density at radius 3 is 2.25 bits per heavy atom. The van der Waals surface area contributed by atoms with E-state index in [1.54, 1.807) is 0 Å². The number of nitrogens with zero attached hydrogens (tertiary/aromatic N) is 3. The zero-order chi connectivity index (χ0) is 12.1. The molecule has 0 spiro atoms. The Morgan fingerprint density at radius 1 is 1.38 bits per heavy atom. The number of carboxylic acid groups (broad SMARTS) is 1. The van der Waals surface area contributed by atoms with Crippen LogP contribution in [0.3, 0.4) is 0 Å². The van der Waals surface area contributed by atoms with Gasteiger partial charge in [-0.3, -0.25) is 4.79 Å². The van der Waals surface area contributed by atoms with Crippen LogP contribution in [0.25, 0.3) is 0 Å². The molecular formula is C10H22ClN3O2. The largest absolute Gasteiger partial charge is 0.481 e. The molecule has 0 rings (SSSR count). The third-order valence-electron chi connectivity index (χ3n) is 1.17. The fourth-order valence-electron chi connectivity index (χ4n) is 0.637. The molecule has 0 aromatic carbocycles. The highest BCUT2D eigenvalue weighted by Gasteiger charge is 1.86. The molecule has 0 radical (unpaired) electrons. The number of carboxylic acids is 1. The molecule has 6 heteroatoms. The summed E-state index contributed by atoms with van der Waals surface area (Å²) in [6.45, 7) is 5.75. The van der Waals surface area contributed by atoms with Gasteiger partial charge in [-0.15, -0.1) is 12.4 Å². The van der Waals surface area contributed by atoms with Crippen molar-refractivity contribution in [2.75, 3.05) is 33.7 Å². The van der Waals surface area contributed by atoms with Crippen molar-refractivity contribution < 1.29 is 9.90 Å². The maximum absolute atomic E-state index is 9.00. The van der Waals surface area contributed by atoms with E-state index in [2.05, 4.69) is 35.0 Å². The van der Waals surface area contributed by atoms with E-state index in [-0.39, 0.29) is 12.4 Å². The lowest BCUT2D eigenvalue weighted by atomic mass is 10.4. The summed E-state index contributed by atoms with van der Waals surface area (Å²) in [6, 6.07) is 2.64. The van der Waals surface area contributed by atoms with E-state index in [1.165, 1.54) is 0 Å². The van der Waals surface area contributed by atoms with E-state index in [4.69, 9.17) is 9.90 Å². The number of aliphatic carboxylic acids is 1. The maximum atomic E-state index is 9.00. The number of rotatable bonds is 5. The highest BCUT2D eigenvalue weighted by molar-refractivity contribution is 5.85. The Balaban J connectivity index is -0.000000292. The normalized spacial score (nSPS) is 8.06. The number of carbonyl (C=O) groups is 1. The van der Waals surface area contributed by atoms with Crippen LogP contribution in [0.5, 0.6) is 0 Å². The van der Waals surface area contributed by atoms with Gasteiger partial charge in [0.1, 0.15) is 0 Å². The summed E-state index contributed by atoms with van der Waals surface area (Å²) in [7, 11) is 4.12. The van der Waals surface area contributed by atoms with Crippen molar-refractivity contribution in [1.29, 1.82) is 0 Å². The van der Waals surface area contributed by atoms with Crippen LogP contribution >= 0.6 is 12.4 Å². The highest BCUT2D eigenvalue weighted by atomic mass is 35.5. The van der Waals surface area contributed by atoms with Crippen LogP contribution in [0.1, 0.15) is 20.3 Å². The first-order chi connectivity index (χ1) is 7.00.